The Morgan fingerprint density at radius 1 is 1.65 bits per heavy atom. The number of carbonyl (C=O) groups excluding carboxylic acids is 2. The summed E-state index contributed by atoms with van der Waals surface area (Å²) in [6.45, 7) is 2.48. The van der Waals surface area contributed by atoms with Crippen molar-refractivity contribution in [3.05, 3.63) is 20.3 Å². The van der Waals surface area contributed by atoms with E-state index in [1.165, 1.54) is 11.3 Å². The molecule has 2 rings (SSSR count). The van der Waals surface area contributed by atoms with Crippen LogP contribution in [0.3, 0.4) is 0 Å². The molecule has 4 nitrogen and oxygen atoms in total. The van der Waals surface area contributed by atoms with Crippen molar-refractivity contribution >= 4 is 39.1 Å². The lowest BCUT2D eigenvalue weighted by atomic mass is 10.1. The number of amides is 2. The van der Waals surface area contributed by atoms with Gasteiger partial charge in [-0.2, -0.15) is 0 Å². The van der Waals surface area contributed by atoms with E-state index in [0.717, 1.165) is 9.35 Å². The van der Waals surface area contributed by atoms with E-state index in [-0.39, 0.29) is 17.9 Å². The van der Waals surface area contributed by atoms with Crippen LogP contribution in [-0.2, 0) is 4.79 Å². The number of thiophene rings is 1. The van der Waals surface area contributed by atoms with Crippen LogP contribution in [0.4, 0.5) is 0 Å². The van der Waals surface area contributed by atoms with Crippen LogP contribution < -0.4 is 10.6 Å². The number of nitrogens with one attached hydrogen (secondary N) is 2. The fourth-order valence-electron chi connectivity index (χ4n) is 1.68. The zero-order valence-corrected chi connectivity index (χ0v) is 11.8. The molecule has 0 saturated carbocycles. The zero-order chi connectivity index (χ0) is 12.4. The molecule has 0 aliphatic carbocycles. The summed E-state index contributed by atoms with van der Waals surface area (Å²) in [7, 11) is 0. The Labute approximate surface area is 112 Å². The fraction of sp³-hybridized carbons (Fsp3) is 0.455. The predicted octanol–water partition coefficient (Wildman–Crippen LogP) is 1.83. The first-order valence-corrected chi connectivity index (χ1v) is 7.00. The summed E-state index contributed by atoms with van der Waals surface area (Å²) in [6, 6.07) is 1.91. The molecule has 17 heavy (non-hydrogen) atoms. The number of carbonyl (C=O) groups is 2. The van der Waals surface area contributed by atoms with Gasteiger partial charge in [-0.1, -0.05) is 0 Å². The summed E-state index contributed by atoms with van der Waals surface area (Å²) in [5.74, 6) is -0.00448. The number of halogens is 1. The van der Waals surface area contributed by atoms with E-state index in [0.29, 0.717) is 24.3 Å². The Morgan fingerprint density at radius 3 is 2.94 bits per heavy atom. The number of rotatable bonds is 2. The van der Waals surface area contributed by atoms with Crippen LogP contribution in [0.5, 0.6) is 0 Å². The van der Waals surface area contributed by atoms with Crippen LogP contribution in [-0.4, -0.2) is 24.4 Å². The molecular weight excluding hydrogens is 304 g/mol. The van der Waals surface area contributed by atoms with E-state index in [4.69, 9.17) is 0 Å². The Hall–Kier alpha value is -0.880. The van der Waals surface area contributed by atoms with Crippen LogP contribution in [0.25, 0.3) is 0 Å². The average molecular weight is 317 g/mol. The minimum atomic E-state index is -0.0649. The zero-order valence-electron chi connectivity index (χ0n) is 9.38. The molecule has 1 saturated heterocycles. The largest absolute Gasteiger partial charge is 0.354 e. The van der Waals surface area contributed by atoms with Crippen molar-refractivity contribution < 1.29 is 9.59 Å². The summed E-state index contributed by atoms with van der Waals surface area (Å²) in [5.41, 5.74) is 1.07. The molecule has 0 aromatic carbocycles. The van der Waals surface area contributed by atoms with E-state index in [1.54, 1.807) is 0 Å². The van der Waals surface area contributed by atoms with Gasteiger partial charge in [0.05, 0.1) is 8.66 Å². The second-order valence-corrected chi connectivity index (χ2v) is 6.45. The van der Waals surface area contributed by atoms with Crippen molar-refractivity contribution in [1.29, 1.82) is 0 Å². The highest BCUT2D eigenvalue weighted by Crippen LogP contribution is 2.27. The van der Waals surface area contributed by atoms with Gasteiger partial charge in [-0.3, -0.25) is 9.59 Å². The number of hydrogen-bond donors (Lipinski definition) is 2. The SMILES string of the molecule is Cc1cc(C(=O)NC2CCC(=O)NC2)sc1Br. The summed E-state index contributed by atoms with van der Waals surface area (Å²) in [4.78, 5) is 23.6. The van der Waals surface area contributed by atoms with Crippen LogP contribution >= 0.6 is 27.3 Å². The topological polar surface area (TPSA) is 58.2 Å². The molecule has 0 bridgehead atoms. The van der Waals surface area contributed by atoms with Gasteiger partial charge in [-0.05, 0) is 40.9 Å². The standard InChI is InChI=1S/C11H13BrN2O2S/c1-6-4-8(17-10(6)12)11(16)14-7-2-3-9(15)13-5-7/h4,7H,2-3,5H2,1H3,(H,13,15)(H,14,16). The maximum atomic E-state index is 11.9. The third kappa shape index (κ3) is 3.07. The van der Waals surface area contributed by atoms with Gasteiger partial charge in [-0.25, -0.2) is 0 Å². The molecule has 1 atom stereocenters. The molecule has 2 amide bonds. The number of piperidine rings is 1. The third-order valence-corrected chi connectivity index (χ3v) is 4.82. The second-order valence-electron chi connectivity index (χ2n) is 4.08. The Kier molecular flexibility index (Phi) is 3.83. The van der Waals surface area contributed by atoms with Gasteiger partial charge in [0.1, 0.15) is 0 Å². The van der Waals surface area contributed by atoms with Crippen molar-refractivity contribution in [3.63, 3.8) is 0 Å². The van der Waals surface area contributed by atoms with Crippen molar-refractivity contribution in [2.75, 3.05) is 6.54 Å². The smallest absolute Gasteiger partial charge is 0.261 e. The second kappa shape index (κ2) is 5.18. The molecule has 1 aromatic rings. The van der Waals surface area contributed by atoms with Crippen LogP contribution in [0.2, 0.25) is 0 Å². The molecule has 92 valence electrons. The van der Waals surface area contributed by atoms with Crippen LogP contribution in [0, 0.1) is 6.92 Å². The summed E-state index contributed by atoms with van der Waals surface area (Å²) in [6.07, 6.45) is 1.20. The van der Waals surface area contributed by atoms with E-state index in [9.17, 15) is 9.59 Å². The van der Waals surface area contributed by atoms with E-state index >= 15 is 0 Å². The summed E-state index contributed by atoms with van der Waals surface area (Å²) < 4.78 is 0.986. The molecule has 6 heteroatoms. The van der Waals surface area contributed by atoms with Gasteiger partial charge < -0.3 is 10.6 Å². The van der Waals surface area contributed by atoms with Crippen LogP contribution in [0.1, 0.15) is 28.1 Å². The predicted molar refractivity (Wildman–Crippen MR) is 70.3 cm³/mol. The Morgan fingerprint density at radius 2 is 2.41 bits per heavy atom. The van der Waals surface area contributed by atoms with Crippen LogP contribution in [0.15, 0.2) is 9.85 Å². The summed E-state index contributed by atoms with van der Waals surface area (Å²) >= 11 is 4.83. The van der Waals surface area contributed by atoms with E-state index < -0.39 is 0 Å². The highest BCUT2D eigenvalue weighted by atomic mass is 79.9. The van der Waals surface area contributed by atoms with Crippen molar-refractivity contribution in [2.45, 2.75) is 25.8 Å². The Bertz CT molecular complexity index is 429. The highest BCUT2D eigenvalue weighted by molar-refractivity contribution is 9.11. The van der Waals surface area contributed by atoms with Gasteiger partial charge >= 0.3 is 0 Å². The Balaban J connectivity index is 1.95. The number of aryl methyl sites for hydroxylation is 1. The average Bonchev–Trinajstić information content (AvgIpc) is 2.63. The lowest BCUT2D eigenvalue weighted by molar-refractivity contribution is -0.122. The van der Waals surface area contributed by atoms with Crippen molar-refractivity contribution in [2.24, 2.45) is 0 Å². The number of hydrogen-bond acceptors (Lipinski definition) is 3. The maximum Gasteiger partial charge on any atom is 0.261 e. The molecule has 1 fully saturated rings. The molecule has 2 N–H and O–H groups in total. The lowest BCUT2D eigenvalue weighted by Crippen LogP contribution is -2.47. The molecule has 2 heterocycles. The first-order valence-electron chi connectivity index (χ1n) is 5.40. The van der Waals surface area contributed by atoms with Crippen molar-refractivity contribution in [3.8, 4) is 0 Å². The molecule has 1 aliphatic rings. The van der Waals surface area contributed by atoms with Gasteiger partial charge in [0, 0.05) is 19.0 Å². The van der Waals surface area contributed by atoms with Crippen molar-refractivity contribution in [1.82, 2.24) is 10.6 Å². The molecule has 1 unspecified atom stereocenters. The summed E-state index contributed by atoms with van der Waals surface area (Å²) in [5, 5.41) is 5.68. The first kappa shape index (κ1) is 12.6. The molecule has 1 aliphatic heterocycles. The van der Waals surface area contributed by atoms with E-state index in [2.05, 4.69) is 26.6 Å². The minimum absolute atomic E-state index is 0.0429. The maximum absolute atomic E-state index is 11.9. The lowest BCUT2D eigenvalue weighted by Gasteiger charge is -2.23. The van der Waals surface area contributed by atoms with Gasteiger partial charge in [0.25, 0.3) is 5.91 Å². The molecular formula is C11H13BrN2O2S. The quantitative estimate of drug-likeness (QED) is 0.874. The highest BCUT2D eigenvalue weighted by Gasteiger charge is 2.21. The van der Waals surface area contributed by atoms with Gasteiger partial charge in [0.2, 0.25) is 5.91 Å². The fourth-order valence-corrected chi connectivity index (χ4v) is 3.12. The molecule has 0 radical (unpaired) electrons. The van der Waals surface area contributed by atoms with E-state index in [1.807, 2.05) is 13.0 Å². The van der Waals surface area contributed by atoms with Gasteiger partial charge in [0.15, 0.2) is 0 Å². The first-order chi connectivity index (χ1) is 8.06. The third-order valence-electron chi connectivity index (χ3n) is 2.68. The normalized spacial score (nSPS) is 19.9. The minimum Gasteiger partial charge on any atom is -0.354 e. The van der Waals surface area contributed by atoms with Gasteiger partial charge in [-0.15, -0.1) is 11.3 Å². The monoisotopic (exact) mass is 316 g/mol. The molecule has 1 aromatic heterocycles. The molecule has 0 spiro atoms.